The summed E-state index contributed by atoms with van der Waals surface area (Å²) in [4.78, 5) is 14.0. The average molecular weight is 320 g/mol. The molecule has 0 radical (unpaired) electrons. The number of carbonyl (C=O) groups excluding carboxylic acids is 1. The Morgan fingerprint density at radius 1 is 1.29 bits per heavy atom. The third kappa shape index (κ3) is 5.54. The van der Waals surface area contributed by atoms with Crippen LogP contribution >= 0.6 is 12.2 Å². The number of nitrogens with zero attached hydrogens (tertiary/aromatic N) is 1. The van der Waals surface area contributed by atoms with Gasteiger partial charge in [0, 0.05) is 13.0 Å². The van der Waals surface area contributed by atoms with E-state index in [1.54, 1.807) is 0 Å². The van der Waals surface area contributed by atoms with Crippen LogP contribution in [0, 0.1) is 0 Å². The molecule has 0 aliphatic rings. The van der Waals surface area contributed by atoms with Gasteiger partial charge in [-0.05, 0) is 25.0 Å². The highest BCUT2D eigenvalue weighted by atomic mass is 32.1. The second-order valence-electron chi connectivity index (χ2n) is 4.30. The molecule has 5 N–H and O–H groups in total. The van der Waals surface area contributed by atoms with Gasteiger partial charge in [0.2, 0.25) is 5.91 Å². The van der Waals surface area contributed by atoms with Gasteiger partial charge in [-0.1, -0.05) is 12.2 Å². The zero-order chi connectivity index (χ0) is 16.0. The third-order valence-corrected chi connectivity index (χ3v) is 2.81. The monoisotopic (exact) mass is 320 g/mol. The number of aromatic nitrogens is 1. The van der Waals surface area contributed by atoms with Gasteiger partial charge in [-0.25, -0.2) is 4.98 Å². The molecule has 0 aromatic carbocycles. The Morgan fingerprint density at radius 2 is 1.95 bits per heavy atom. The molecule has 0 bridgehead atoms. The summed E-state index contributed by atoms with van der Waals surface area (Å²) in [6.45, 7) is 0.331. The molecule has 0 saturated carbocycles. The molecule has 1 heterocycles. The lowest BCUT2D eigenvalue weighted by Crippen LogP contribution is -2.18. The van der Waals surface area contributed by atoms with Gasteiger partial charge >= 0.3 is 6.18 Å². The minimum absolute atomic E-state index is 0.0172. The number of anilines is 1. The van der Waals surface area contributed by atoms with Crippen molar-refractivity contribution in [3.63, 3.8) is 0 Å². The maximum atomic E-state index is 12.6. The molecule has 1 amide bonds. The van der Waals surface area contributed by atoms with Gasteiger partial charge in [0.05, 0.1) is 5.56 Å². The minimum atomic E-state index is -4.54. The molecule has 0 spiro atoms. The summed E-state index contributed by atoms with van der Waals surface area (Å²) in [5, 5.41) is 2.75. The van der Waals surface area contributed by atoms with Crippen LogP contribution in [0.4, 0.5) is 19.0 Å². The van der Waals surface area contributed by atoms with E-state index in [0.717, 1.165) is 6.07 Å². The normalized spacial score (nSPS) is 11.2. The molecule has 0 fully saturated rings. The lowest BCUT2D eigenvalue weighted by atomic mass is 10.2. The number of nitrogens with one attached hydrogen (secondary N) is 1. The number of rotatable bonds is 7. The molecule has 0 aliphatic carbocycles. The van der Waals surface area contributed by atoms with Gasteiger partial charge < -0.3 is 16.8 Å². The Balaban J connectivity index is 2.77. The van der Waals surface area contributed by atoms with E-state index in [2.05, 4.69) is 10.3 Å². The molecular weight excluding hydrogens is 305 g/mol. The lowest BCUT2D eigenvalue weighted by Gasteiger charge is -2.13. The van der Waals surface area contributed by atoms with Crippen molar-refractivity contribution in [2.75, 3.05) is 11.9 Å². The van der Waals surface area contributed by atoms with Crippen LogP contribution in [0.25, 0.3) is 0 Å². The minimum Gasteiger partial charge on any atom is -0.389 e. The standard InChI is InChI=1S/C12H15F3N4OS/c13-12(14,15)8-5-4-7(10(17)21)11(19-8)18-6-2-1-3-9(16)20/h4-5H,1-3,6H2,(H2,16,20)(H2,17,21)(H,18,19). The Hall–Kier alpha value is -1.90. The van der Waals surface area contributed by atoms with E-state index >= 15 is 0 Å². The zero-order valence-corrected chi connectivity index (χ0v) is 11.9. The summed E-state index contributed by atoms with van der Waals surface area (Å²) in [5.74, 6) is -0.438. The Labute approximate surface area is 124 Å². The van der Waals surface area contributed by atoms with E-state index in [1.165, 1.54) is 6.07 Å². The van der Waals surface area contributed by atoms with Gasteiger partial charge in [0.25, 0.3) is 0 Å². The smallest absolute Gasteiger partial charge is 0.389 e. The molecule has 0 saturated heterocycles. The molecule has 21 heavy (non-hydrogen) atoms. The largest absolute Gasteiger partial charge is 0.433 e. The third-order valence-electron chi connectivity index (χ3n) is 2.59. The van der Waals surface area contributed by atoms with E-state index in [0.29, 0.717) is 19.4 Å². The van der Waals surface area contributed by atoms with E-state index in [-0.39, 0.29) is 22.8 Å². The molecule has 1 aromatic rings. The lowest BCUT2D eigenvalue weighted by molar-refractivity contribution is -0.141. The zero-order valence-electron chi connectivity index (χ0n) is 11.0. The highest BCUT2D eigenvalue weighted by Gasteiger charge is 2.33. The number of halogens is 3. The second-order valence-corrected chi connectivity index (χ2v) is 4.74. The second kappa shape index (κ2) is 7.21. The van der Waals surface area contributed by atoms with Crippen molar-refractivity contribution in [3.05, 3.63) is 23.4 Å². The number of nitrogens with two attached hydrogens (primary N) is 2. The maximum Gasteiger partial charge on any atom is 0.433 e. The van der Waals surface area contributed by atoms with Crippen LogP contribution < -0.4 is 16.8 Å². The van der Waals surface area contributed by atoms with Gasteiger partial charge in [-0.3, -0.25) is 4.79 Å². The molecule has 116 valence electrons. The van der Waals surface area contributed by atoms with Crippen molar-refractivity contribution in [2.45, 2.75) is 25.4 Å². The molecule has 0 aliphatic heterocycles. The molecule has 9 heteroatoms. The van der Waals surface area contributed by atoms with Gasteiger partial charge in [-0.2, -0.15) is 13.2 Å². The number of alkyl halides is 3. The van der Waals surface area contributed by atoms with Crippen LogP contribution in [0.5, 0.6) is 0 Å². The number of primary amides is 1. The fraction of sp³-hybridized carbons (Fsp3) is 0.417. The molecular formula is C12H15F3N4OS. The number of hydrogen-bond donors (Lipinski definition) is 3. The average Bonchev–Trinajstić information content (AvgIpc) is 2.36. The van der Waals surface area contributed by atoms with E-state index in [1.807, 2.05) is 0 Å². The van der Waals surface area contributed by atoms with E-state index in [4.69, 9.17) is 23.7 Å². The van der Waals surface area contributed by atoms with E-state index in [9.17, 15) is 18.0 Å². The predicted octanol–water partition coefficient (Wildman–Crippen LogP) is 1.80. The first-order chi connectivity index (χ1) is 9.71. The number of pyridine rings is 1. The molecule has 1 rings (SSSR count). The Kier molecular flexibility index (Phi) is 5.89. The topological polar surface area (TPSA) is 94.0 Å². The number of hydrogen-bond acceptors (Lipinski definition) is 4. The first kappa shape index (κ1) is 17.2. The number of thiocarbonyl (C=S) groups is 1. The van der Waals surface area contributed by atoms with Crippen molar-refractivity contribution in [1.29, 1.82) is 0 Å². The van der Waals surface area contributed by atoms with Gasteiger partial charge in [0.15, 0.2) is 0 Å². The highest BCUT2D eigenvalue weighted by molar-refractivity contribution is 7.80. The SMILES string of the molecule is NC(=O)CCCCNc1nc(C(F)(F)F)ccc1C(N)=S. The number of unbranched alkanes of at least 4 members (excludes halogenated alkanes) is 1. The van der Waals surface area contributed by atoms with Crippen molar-refractivity contribution < 1.29 is 18.0 Å². The summed E-state index contributed by atoms with van der Waals surface area (Å²) < 4.78 is 37.9. The van der Waals surface area contributed by atoms with Crippen molar-refractivity contribution in [1.82, 2.24) is 4.98 Å². The Bertz CT molecular complexity index is 534. The molecule has 0 atom stereocenters. The van der Waals surface area contributed by atoms with Crippen LogP contribution in [0.15, 0.2) is 12.1 Å². The van der Waals surface area contributed by atoms with Crippen LogP contribution in [0.3, 0.4) is 0 Å². The van der Waals surface area contributed by atoms with Crippen LogP contribution in [-0.2, 0) is 11.0 Å². The van der Waals surface area contributed by atoms with E-state index < -0.39 is 17.8 Å². The first-order valence-electron chi connectivity index (χ1n) is 6.12. The fourth-order valence-electron chi connectivity index (χ4n) is 1.58. The number of amides is 1. The van der Waals surface area contributed by atoms with Gasteiger partial charge in [0.1, 0.15) is 16.5 Å². The summed E-state index contributed by atoms with van der Waals surface area (Å²) >= 11 is 4.78. The highest BCUT2D eigenvalue weighted by Crippen LogP contribution is 2.29. The Morgan fingerprint density at radius 3 is 2.48 bits per heavy atom. The fourth-order valence-corrected chi connectivity index (χ4v) is 1.75. The maximum absolute atomic E-state index is 12.6. The van der Waals surface area contributed by atoms with Gasteiger partial charge in [-0.15, -0.1) is 0 Å². The van der Waals surface area contributed by atoms with Crippen LogP contribution in [0.1, 0.15) is 30.5 Å². The summed E-state index contributed by atoms with van der Waals surface area (Å²) in [5.41, 5.74) is 9.66. The van der Waals surface area contributed by atoms with Crippen molar-refractivity contribution >= 4 is 28.9 Å². The quantitative estimate of drug-likeness (QED) is 0.526. The first-order valence-corrected chi connectivity index (χ1v) is 6.53. The summed E-state index contributed by atoms with van der Waals surface area (Å²) in [6.07, 6.45) is -3.24. The molecule has 5 nitrogen and oxygen atoms in total. The summed E-state index contributed by atoms with van der Waals surface area (Å²) in [7, 11) is 0. The van der Waals surface area contributed by atoms with Crippen LogP contribution in [-0.4, -0.2) is 22.4 Å². The number of carbonyl (C=O) groups is 1. The van der Waals surface area contributed by atoms with Crippen LogP contribution in [0.2, 0.25) is 0 Å². The predicted molar refractivity (Wildman–Crippen MR) is 76.7 cm³/mol. The molecule has 1 aromatic heterocycles. The summed E-state index contributed by atoms with van der Waals surface area (Å²) in [6, 6.07) is 2.01. The molecule has 0 unspecified atom stereocenters. The van der Waals surface area contributed by atoms with Crippen molar-refractivity contribution in [2.24, 2.45) is 11.5 Å². The van der Waals surface area contributed by atoms with Crippen molar-refractivity contribution in [3.8, 4) is 0 Å².